The lowest BCUT2D eigenvalue weighted by molar-refractivity contribution is -0.126. The Morgan fingerprint density at radius 3 is 3.00 bits per heavy atom. The van der Waals surface area contributed by atoms with Gasteiger partial charge in [0.1, 0.15) is 6.04 Å². The second kappa shape index (κ2) is 6.47. The lowest BCUT2D eigenvalue weighted by atomic mass is 10.1. The van der Waals surface area contributed by atoms with E-state index in [4.69, 9.17) is 0 Å². The molecule has 1 aromatic heterocycles. The predicted molar refractivity (Wildman–Crippen MR) is 75.4 cm³/mol. The zero-order chi connectivity index (χ0) is 14.5. The van der Waals surface area contributed by atoms with Crippen LogP contribution in [0.1, 0.15) is 22.8 Å². The number of aryl methyl sites for hydroxylation is 1. The van der Waals surface area contributed by atoms with E-state index in [2.05, 4.69) is 15.6 Å². The van der Waals surface area contributed by atoms with E-state index in [1.807, 2.05) is 13.8 Å². The fraction of sp³-hybridized carbons (Fsp3) is 0.500. The van der Waals surface area contributed by atoms with E-state index in [0.29, 0.717) is 31.7 Å². The van der Waals surface area contributed by atoms with Gasteiger partial charge in [-0.25, -0.2) is 0 Å². The molecule has 108 valence electrons. The number of pyridine rings is 1. The van der Waals surface area contributed by atoms with Gasteiger partial charge in [0.05, 0.1) is 5.56 Å². The van der Waals surface area contributed by atoms with Crippen LogP contribution in [-0.2, 0) is 4.79 Å². The van der Waals surface area contributed by atoms with E-state index >= 15 is 0 Å². The van der Waals surface area contributed by atoms with Crippen LogP contribution >= 0.6 is 0 Å². The van der Waals surface area contributed by atoms with E-state index in [1.165, 1.54) is 0 Å². The fourth-order valence-electron chi connectivity index (χ4n) is 2.31. The smallest absolute Gasteiger partial charge is 0.256 e. The largest absolute Gasteiger partial charge is 0.355 e. The monoisotopic (exact) mass is 276 g/mol. The first-order valence-corrected chi connectivity index (χ1v) is 6.84. The summed E-state index contributed by atoms with van der Waals surface area (Å²) in [4.78, 5) is 30.3. The minimum absolute atomic E-state index is 0.117. The minimum atomic E-state index is -0.461. The molecule has 1 fully saturated rings. The Hall–Kier alpha value is -1.95. The number of likely N-dealkylation sites (N-methyl/N-ethyl adjacent to an activating group) is 1. The quantitative estimate of drug-likeness (QED) is 0.811. The van der Waals surface area contributed by atoms with Crippen molar-refractivity contribution >= 4 is 11.8 Å². The standard InChI is InChI=1S/C14H20N4O2/c1-3-17-13(19)12-9-15-4-5-18(12)14(20)11-6-10(2)7-16-8-11/h6-8,12,15H,3-5,9H2,1-2H3,(H,17,19). The molecule has 6 nitrogen and oxygen atoms in total. The fourth-order valence-corrected chi connectivity index (χ4v) is 2.31. The number of nitrogens with one attached hydrogen (secondary N) is 2. The minimum Gasteiger partial charge on any atom is -0.355 e. The van der Waals surface area contributed by atoms with Gasteiger partial charge in [-0.1, -0.05) is 0 Å². The molecule has 2 N–H and O–H groups in total. The topological polar surface area (TPSA) is 74.3 Å². The Labute approximate surface area is 118 Å². The highest BCUT2D eigenvalue weighted by atomic mass is 16.2. The molecule has 1 atom stereocenters. The van der Waals surface area contributed by atoms with Crippen molar-refractivity contribution in [3.8, 4) is 0 Å². The van der Waals surface area contributed by atoms with Crippen LogP contribution in [0, 0.1) is 6.92 Å². The molecular weight excluding hydrogens is 256 g/mol. The van der Waals surface area contributed by atoms with Gasteiger partial charge in [0.25, 0.3) is 5.91 Å². The SMILES string of the molecule is CCNC(=O)C1CNCCN1C(=O)c1cncc(C)c1. The van der Waals surface area contributed by atoms with Crippen LogP contribution < -0.4 is 10.6 Å². The van der Waals surface area contributed by atoms with Crippen LogP contribution in [0.15, 0.2) is 18.5 Å². The molecule has 0 spiro atoms. The number of carbonyl (C=O) groups excluding carboxylic acids is 2. The maximum absolute atomic E-state index is 12.5. The summed E-state index contributed by atoms with van der Waals surface area (Å²) in [5.41, 5.74) is 1.46. The molecule has 0 aliphatic carbocycles. The van der Waals surface area contributed by atoms with Gasteiger partial charge in [-0.3, -0.25) is 14.6 Å². The molecule has 1 aliphatic heterocycles. The first kappa shape index (κ1) is 14.5. The molecule has 0 saturated carbocycles. The van der Waals surface area contributed by atoms with Crippen LogP contribution in [0.25, 0.3) is 0 Å². The number of rotatable bonds is 3. The lowest BCUT2D eigenvalue weighted by Crippen LogP contribution is -2.59. The van der Waals surface area contributed by atoms with Gasteiger partial charge in [-0.2, -0.15) is 0 Å². The molecule has 6 heteroatoms. The maximum Gasteiger partial charge on any atom is 0.256 e. The molecular formula is C14H20N4O2. The van der Waals surface area contributed by atoms with E-state index in [0.717, 1.165) is 5.56 Å². The van der Waals surface area contributed by atoms with Crippen LogP contribution in [0.2, 0.25) is 0 Å². The highest BCUT2D eigenvalue weighted by Gasteiger charge is 2.32. The summed E-state index contributed by atoms with van der Waals surface area (Å²) in [6, 6.07) is 1.34. The van der Waals surface area contributed by atoms with Crippen molar-refractivity contribution in [2.45, 2.75) is 19.9 Å². The van der Waals surface area contributed by atoms with E-state index in [-0.39, 0.29) is 11.8 Å². The van der Waals surface area contributed by atoms with Crippen LogP contribution in [0.5, 0.6) is 0 Å². The predicted octanol–water partition coefficient (Wildman–Crippen LogP) is -0.0599. The number of hydrogen-bond acceptors (Lipinski definition) is 4. The van der Waals surface area contributed by atoms with Gasteiger partial charge in [0.15, 0.2) is 0 Å². The molecule has 2 heterocycles. The molecule has 2 amide bonds. The molecule has 0 aromatic carbocycles. The Balaban J connectivity index is 2.19. The molecule has 1 unspecified atom stereocenters. The maximum atomic E-state index is 12.5. The van der Waals surface area contributed by atoms with Crippen molar-refractivity contribution in [1.82, 2.24) is 20.5 Å². The summed E-state index contributed by atoms with van der Waals surface area (Å²) in [6.07, 6.45) is 3.25. The molecule has 2 rings (SSSR count). The van der Waals surface area contributed by atoms with Crippen molar-refractivity contribution in [2.24, 2.45) is 0 Å². The van der Waals surface area contributed by atoms with Gasteiger partial charge >= 0.3 is 0 Å². The van der Waals surface area contributed by atoms with E-state index in [9.17, 15) is 9.59 Å². The summed E-state index contributed by atoms with van der Waals surface area (Å²) in [6.45, 7) is 6.02. The summed E-state index contributed by atoms with van der Waals surface area (Å²) in [7, 11) is 0. The molecule has 20 heavy (non-hydrogen) atoms. The van der Waals surface area contributed by atoms with Crippen molar-refractivity contribution < 1.29 is 9.59 Å². The van der Waals surface area contributed by atoms with Crippen molar-refractivity contribution in [1.29, 1.82) is 0 Å². The third-order valence-corrected chi connectivity index (χ3v) is 3.28. The zero-order valence-corrected chi connectivity index (χ0v) is 11.8. The summed E-state index contributed by atoms with van der Waals surface area (Å²) >= 11 is 0. The second-order valence-electron chi connectivity index (χ2n) is 4.86. The van der Waals surface area contributed by atoms with E-state index in [1.54, 1.807) is 23.4 Å². The molecule has 1 aromatic rings. The van der Waals surface area contributed by atoms with E-state index < -0.39 is 6.04 Å². The number of carbonyl (C=O) groups is 2. The Morgan fingerprint density at radius 2 is 2.30 bits per heavy atom. The van der Waals surface area contributed by atoms with Gasteiger partial charge < -0.3 is 15.5 Å². The summed E-state index contributed by atoms with van der Waals surface area (Å²) < 4.78 is 0. The average Bonchev–Trinajstić information content (AvgIpc) is 2.47. The van der Waals surface area contributed by atoms with Crippen LogP contribution in [-0.4, -0.2) is 53.9 Å². The zero-order valence-electron chi connectivity index (χ0n) is 11.8. The van der Waals surface area contributed by atoms with Crippen molar-refractivity contribution in [2.75, 3.05) is 26.2 Å². The van der Waals surface area contributed by atoms with Crippen molar-refractivity contribution in [3.05, 3.63) is 29.6 Å². The number of nitrogens with zero attached hydrogens (tertiary/aromatic N) is 2. The highest BCUT2D eigenvalue weighted by Crippen LogP contribution is 2.11. The van der Waals surface area contributed by atoms with Crippen LogP contribution in [0.3, 0.4) is 0 Å². The van der Waals surface area contributed by atoms with Gasteiger partial charge in [-0.05, 0) is 25.5 Å². The number of aromatic nitrogens is 1. The summed E-state index contributed by atoms with van der Waals surface area (Å²) in [5.74, 6) is -0.257. The Bertz CT molecular complexity index is 504. The second-order valence-corrected chi connectivity index (χ2v) is 4.86. The number of amides is 2. The first-order valence-electron chi connectivity index (χ1n) is 6.84. The summed E-state index contributed by atoms with van der Waals surface area (Å²) in [5, 5.41) is 5.93. The third kappa shape index (κ3) is 3.14. The Morgan fingerprint density at radius 1 is 1.50 bits per heavy atom. The average molecular weight is 276 g/mol. The van der Waals surface area contributed by atoms with Gasteiger partial charge in [0, 0.05) is 38.6 Å². The molecule has 1 aliphatic rings. The molecule has 0 radical (unpaired) electrons. The normalized spacial score (nSPS) is 18.7. The molecule has 1 saturated heterocycles. The third-order valence-electron chi connectivity index (χ3n) is 3.28. The van der Waals surface area contributed by atoms with Gasteiger partial charge in [0.2, 0.25) is 5.91 Å². The van der Waals surface area contributed by atoms with Crippen LogP contribution in [0.4, 0.5) is 0 Å². The van der Waals surface area contributed by atoms with Crippen molar-refractivity contribution in [3.63, 3.8) is 0 Å². The Kier molecular flexibility index (Phi) is 4.68. The number of piperazine rings is 1. The highest BCUT2D eigenvalue weighted by molar-refractivity contribution is 5.97. The number of hydrogen-bond donors (Lipinski definition) is 2. The lowest BCUT2D eigenvalue weighted by Gasteiger charge is -2.35. The first-order chi connectivity index (χ1) is 9.63. The molecule has 0 bridgehead atoms. The van der Waals surface area contributed by atoms with Gasteiger partial charge in [-0.15, -0.1) is 0 Å².